The van der Waals surface area contributed by atoms with Crippen molar-refractivity contribution in [1.29, 1.82) is 0 Å². The highest BCUT2D eigenvalue weighted by atomic mass is 19.4. The van der Waals surface area contributed by atoms with Crippen LogP contribution in [0, 0.1) is 6.92 Å². The van der Waals surface area contributed by atoms with Crippen molar-refractivity contribution < 1.29 is 13.2 Å². The number of aromatic nitrogens is 1. The van der Waals surface area contributed by atoms with E-state index in [9.17, 15) is 13.2 Å². The normalized spacial score (nSPS) is 11.7. The topological polar surface area (TPSA) is 17.0 Å². The summed E-state index contributed by atoms with van der Waals surface area (Å²) in [5.41, 5.74) is 1.73. The highest BCUT2D eigenvalue weighted by molar-refractivity contribution is 5.53. The Balaban J connectivity index is 2.17. The van der Waals surface area contributed by atoms with Crippen LogP contribution in [0.2, 0.25) is 0 Å². The van der Waals surface area contributed by atoms with Crippen LogP contribution in [0.1, 0.15) is 23.7 Å². The number of hydrogen-bond donors (Lipinski definition) is 1. The predicted octanol–water partition coefficient (Wildman–Crippen LogP) is 4.45. The molecule has 2 aromatic rings. The minimum Gasteiger partial charge on any atom is -0.379 e. The van der Waals surface area contributed by atoms with Crippen LogP contribution in [0.25, 0.3) is 0 Å². The maximum Gasteiger partial charge on any atom is 0.416 e. The molecule has 20 heavy (non-hydrogen) atoms. The Morgan fingerprint density at radius 3 is 2.60 bits per heavy atom. The highest BCUT2D eigenvalue weighted by Crippen LogP contribution is 2.32. The lowest BCUT2D eigenvalue weighted by Crippen LogP contribution is -2.09. The highest BCUT2D eigenvalue weighted by Gasteiger charge is 2.30. The first-order chi connectivity index (χ1) is 9.41. The van der Waals surface area contributed by atoms with Crippen LogP contribution in [-0.2, 0) is 19.3 Å². The van der Waals surface area contributed by atoms with Gasteiger partial charge in [0.25, 0.3) is 0 Å². The van der Waals surface area contributed by atoms with Gasteiger partial charge in [0, 0.05) is 24.1 Å². The van der Waals surface area contributed by atoms with Crippen molar-refractivity contribution in [3.63, 3.8) is 0 Å². The van der Waals surface area contributed by atoms with Crippen LogP contribution in [0.4, 0.5) is 18.9 Å². The molecule has 0 saturated heterocycles. The number of nitrogens with one attached hydrogen (secondary N) is 1. The summed E-state index contributed by atoms with van der Waals surface area (Å²) in [5.74, 6) is 0. The molecular weight excluding hydrogens is 265 g/mol. The molecule has 0 aliphatic carbocycles. The fourth-order valence-electron chi connectivity index (χ4n) is 2.09. The molecule has 0 bridgehead atoms. The molecule has 1 aromatic heterocycles. The second-order valence-corrected chi connectivity index (χ2v) is 4.67. The number of benzene rings is 1. The maximum atomic E-state index is 12.7. The molecule has 0 aliphatic rings. The standard InChI is InChI=1S/C15H17F3N2/c1-3-20-8-4-5-13(20)10-19-14-9-12(15(16,17)18)7-6-11(14)2/h4-9,19H,3,10H2,1-2H3. The third-order valence-corrected chi connectivity index (χ3v) is 3.29. The van der Waals surface area contributed by atoms with E-state index in [1.807, 2.05) is 25.3 Å². The Morgan fingerprint density at radius 2 is 1.95 bits per heavy atom. The number of anilines is 1. The summed E-state index contributed by atoms with van der Waals surface area (Å²) < 4.78 is 40.2. The molecule has 0 amide bonds. The fraction of sp³-hybridized carbons (Fsp3) is 0.333. The van der Waals surface area contributed by atoms with E-state index in [0.29, 0.717) is 12.2 Å². The molecule has 0 atom stereocenters. The minimum atomic E-state index is -4.31. The van der Waals surface area contributed by atoms with Crippen LogP contribution >= 0.6 is 0 Å². The van der Waals surface area contributed by atoms with Gasteiger partial charge >= 0.3 is 6.18 Å². The van der Waals surface area contributed by atoms with Crippen LogP contribution in [0.15, 0.2) is 36.5 Å². The van der Waals surface area contributed by atoms with Crippen molar-refractivity contribution in [2.75, 3.05) is 5.32 Å². The van der Waals surface area contributed by atoms with Crippen LogP contribution in [0.3, 0.4) is 0 Å². The number of aryl methyl sites for hydroxylation is 2. The summed E-state index contributed by atoms with van der Waals surface area (Å²) in [6, 6.07) is 7.65. The monoisotopic (exact) mass is 282 g/mol. The second-order valence-electron chi connectivity index (χ2n) is 4.67. The Kier molecular flexibility index (Phi) is 4.06. The summed E-state index contributed by atoms with van der Waals surface area (Å²) in [6.07, 6.45) is -2.36. The molecule has 1 heterocycles. The molecule has 1 N–H and O–H groups in total. The molecule has 1 aromatic carbocycles. The SMILES string of the molecule is CCn1cccc1CNc1cc(C(F)(F)F)ccc1C. The van der Waals surface area contributed by atoms with E-state index in [4.69, 9.17) is 0 Å². The molecule has 108 valence electrons. The van der Waals surface area contributed by atoms with E-state index in [1.165, 1.54) is 6.07 Å². The van der Waals surface area contributed by atoms with E-state index < -0.39 is 11.7 Å². The first-order valence-corrected chi connectivity index (χ1v) is 6.47. The van der Waals surface area contributed by atoms with Gasteiger partial charge in [-0.2, -0.15) is 13.2 Å². The van der Waals surface area contributed by atoms with Gasteiger partial charge in [0.1, 0.15) is 0 Å². The van der Waals surface area contributed by atoms with E-state index in [1.54, 1.807) is 6.92 Å². The molecule has 0 radical (unpaired) electrons. The number of rotatable bonds is 4. The fourth-order valence-corrected chi connectivity index (χ4v) is 2.09. The number of hydrogen-bond acceptors (Lipinski definition) is 1. The van der Waals surface area contributed by atoms with Gasteiger partial charge in [-0.3, -0.25) is 0 Å². The Bertz CT molecular complexity index is 585. The van der Waals surface area contributed by atoms with Crippen molar-refractivity contribution in [1.82, 2.24) is 4.57 Å². The van der Waals surface area contributed by atoms with E-state index in [0.717, 1.165) is 29.9 Å². The first kappa shape index (κ1) is 14.5. The Morgan fingerprint density at radius 1 is 1.20 bits per heavy atom. The van der Waals surface area contributed by atoms with Gasteiger partial charge in [0.05, 0.1) is 12.1 Å². The molecule has 5 heteroatoms. The van der Waals surface area contributed by atoms with Crippen LogP contribution in [0.5, 0.6) is 0 Å². The Labute approximate surface area is 116 Å². The smallest absolute Gasteiger partial charge is 0.379 e. The van der Waals surface area contributed by atoms with E-state index in [-0.39, 0.29) is 0 Å². The van der Waals surface area contributed by atoms with Crippen LogP contribution < -0.4 is 5.32 Å². The lowest BCUT2D eigenvalue weighted by molar-refractivity contribution is -0.137. The zero-order valence-corrected chi connectivity index (χ0v) is 11.5. The average molecular weight is 282 g/mol. The maximum absolute atomic E-state index is 12.7. The first-order valence-electron chi connectivity index (χ1n) is 6.47. The molecule has 2 nitrogen and oxygen atoms in total. The summed E-state index contributed by atoms with van der Waals surface area (Å²) in [7, 11) is 0. The molecular formula is C15H17F3N2. The van der Waals surface area contributed by atoms with Crippen molar-refractivity contribution in [3.8, 4) is 0 Å². The number of alkyl halides is 3. The van der Waals surface area contributed by atoms with Crippen LogP contribution in [-0.4, -0.2) is 4.57 Å². The number of halogens is 3. The molecule has 0 saturated carbocycles. The molecule has 0 aliphatic heterocycles. The molecule has 0 unspecified atom stereocenters. The molecule has 0 fully saturated rings. The number of nitrogens with zero attached hydrogens (tertiary/aromatic N) is 1. The van der Waals surface area contributed by atoms with E-state index >= 15 is 0 Å². The molecule has 2 rings (SSSR count). The molecule has 0 spiro atoms. The van der Waals surface area contributed by atoms with Gasteiger partial charge in [0.15, 0.2) is 0 Å². The summed E-state index contributed by atoms with van der Waals surface area (Å²) in [4.78, 5) is 0. The summed E-state index contributed by atoms with van der Waals surface area (Å²) in [6.45, 7) is 5.16. The zero-order chi connectivity index (χ0) is 14.8. The summed E-state index contributed by atoms with van der Waals surface area (Å²) in [5, 5.41) is 3.08. The van der Waals surface area contributed by atoms with Gasteiger partial charge in [-0.15, -0.1) is 0 Å². The zero-order valence-electron chi connectivity index (χ0n) is 11.5. The van der Waals surface area contributed by atoms with Crippen molar-refractivity contribution in [3.05, 3.63) is 53.3 Å². The third-order valence-electron chi connectivity index (χ3n) is 3.29. The van der Waals surface area contributed by atoms with Gasteiger partial charge < -0.3 is 9.88 Å². The average Bonchev–Trinajstić information content (AvgIpc) is 2.83. The Hall–Kier alpha value is -1.91. The van der Waals surface area contributed by atoms with Gasteiger partial charge in [-0.25, -0.2) is 0 Å². The minimum absolute atomic E-state index is 0.503. The second kappa shape index (κ2) is 5.61. The van der Waals surface area contributed by atoms with Gasteiger partial charge in [-0.05, 0) is 43.7 Å². The quantitative estimate of drug-likeness (QED) is 0.876. The van der Waals surface area contributed by atoms with Gasteiger partial charge in [0.2, 0.25) is 0 Å². The van der Waals surface area contributed by atoms with Crippen molar-refractivity contribution >= 4 is 5.69 Å². The lowest BCUT2D eigenvalue weighted by Gasteiger charge is -2.14. The predicted molar refractivity (Wildman–Crippen MR) is 73.6 cm³/mol. The van der Waals surface area contributed by atoms with Crippen molar-refractivity contribution in [2.45, 2.75) is 33.1 Å². The largest absolute Gasteiger partial charge is 0.416 e. The lowest BCUT2D eigenvalue weighted by atomic mass is 10.1. The van der Waals surface area contributed by atoms with Crippen molar-refractivity contribution in [2.24, 2.45) is 0 Å². The summed E-state index contributed by atoms with van der Waals surface area (Å²) >= 11 is 0. The van der Waals surface area contributed by atoms with E-state index in [2.05, 4.69) is 9.88 Å². The third kappa shape index (κ3) is 3.15. The van der Waals surface area contributed by atoms with Gasteiger partial charge in [-0.1, -0.05) is 6.07 Å².